The maximum Gasteiger partial charge on any atom is 0.442 e. The van der Waals surface area contributed by atoms with Gasteiger partial charge in [0.05, 0.1) is 6.61 Å². The van der Waals surface area contributed by atoms with E-state index in [9.17, 15) is 18.0 Å². The molecule has 100 valence electrons. The van der Waals surface area contributed by atoms with Crippen molar-refractivity contribution in [2.75, 3.05) is 6.61 Å². The Morgan fingerprint density at radius 3 is 2.39 bits per heavy atom. The molecule has 0 N–H and O–H groups in total. The Hall–Kier alpha value is -0.690. The molecule has 1 atom stereocenters. The lowest BCUT2D eigenvalue weighted by molar-refractivity contribution is -0.142. The first-order valence-corrected chi connectivity index (χ1v) is 6.67. The number of carbonyl (C=O) groups excluding carboxylic acids is 1. The van der Waals surface area contributed by atoms with E-state index in [4.69, 9.17) is 0 Å². The zero-order chi connectivity index (χ0) is 13.8. The lowest BCUT2D eigenvalue weighted by atomic mass is 10.1. The number of halogens is 4. The molecule has 0 saturated heterocycles. The highest BCUT2D eigenvalue weighted by Crippen LogP contribution is 2.42. The Morgan fingerprint density at radius 2 is 1.94 bits per heavy atom. The molecular weight excluding hydrogens is 333 g/mol. The van der Waals surface area contributed by atoms with E-state index in [2.05, 4.69) is 20.7 Å². The molecule has 0 saturated carbocycles. The zero-order valence-corrected chi connectivity index (χ0v) is 11.7. The number of thioether (sulfide) groups is 1. The van der Waals surface area contributed by atoms with Gasteiger partial charge >= 0.3 is 11.5 Å². The first-order chi connectivity index (χ1) is 8.33. The summed E-state index contributed by atoms with van der Waals surface area (Å²) in [5, 5.41) is -1.39. The van der Waals surface area contributed by atoms with Crippen LogP contribution in [0.3, 0.4) is 0 Å². The molecule has 0 amide bonds. The van der Waals surface area contributed by atoms with Crippen LogP contribution >= 0.6 is 27.7 Å². The lowest BCUT2D eigenvalue weighted by Crippen LogP contribution is -2.17. The number of carbonyl (C=O) groups is 1. The Kier molecular flexibility index (Phi) is 5.52. The van der Waals surface area contributed by atoms with E-state index in [1.807, 2.05) is 0 Å². The molecule has 18 heavy (non-hydrogen) atoms. The van der Waals surface area contributed by atoms with Crippen LogP contribution in [-0.4, -0.2) is 18.1 Å². The summed E-state index contributed by atoms with van der Waals surface area (Å²) in [6.45, 7) is 1.60. The van der Waals surface area contributed by atoms with E-state index < -0.39 is 16.7 Å². The van der Waals surface area contributed by atoms with Gasteiger partial charge in [0.1, 0.15) is 5.25 Å². The predicted octanol–water partition coefficient (Wildman–Crippen LogP) is 4.31. The van der Waals surface area contributed by atoms with Gasteiger partial charge in [-0.3, -0.25) is 4.79 Å². The number of hydrogen-bond donors (Lipinski definition) is 0. The average molecular weight is 343 g/mol. The summed E-state index contributed by atoms with van der Waals surface area (Å²) in [5.74, 6) is -0.887. The molecular formula is C11H10BrF3O2S. The molecule has 0 heterocycles. The van der Waals surface area contributed by atoms with E-state index in [1.54, 1.807) is 19.1 Å². The van der Waals surface area contributed by atoms with Crippen LogP contribution in [0.1, 0.15) is 17.7 Å². The second-order valence-corrected chi connectivity index (χ2v) is 5.33. The maximum absolute atomic E-state index is 12.4. The highest BCUT2D eigenvalue weighted by molar-refractivity contribution is 9.10. The third-order valence-corrected chi connectivity index (χ3v) is 3.42. The summed E-state index contributed by atoms with van der Waals surface area (Å²) in [4.78, 5) is 11.6. The molecule has 2 nitrogen and oxygen atoms in total. The third-order valence-electron chi connectivity index (χ3n) is 1.92. The highest BCUT2D eigenvalue weighted by Gasteiger charge is 2.38. The number of alkyl halides is 3. The van der Waals surface area contributed by atoms with Crippen molar-refractivity contribution < 1.29 is 22.7 Å². The first-order valence-electron chi connectivity index (χ1n) is 5.00. The van der Waals surface area contributed by atoms with Crippen molar-refractivity contribution in [3.8, 4) is 0 Å². The van der Waals surface area contributed by atoms with Crippen molar-refractivity contribution in [2.45, 2.75) is 17.7 Å². The monoisotopic (exact) mass is 342 g/mol. The van der Waals surface area contributed by atoms with E-state index >= 15 is 0 Å². The van der Waals surface area contributed by atoms with Crippen molar-refractivity contribution in [1.29, 1.82) is 0 Å². The second-order valence-electron chi connectivity index (χ2n) is 3.25. The van der Waals surface area contributed by atoms with Crippen LogP contribution < -0.4 is 0 Å². The van der Waals surface area contributed by atoms with Gasteiger partial charge in [-0.05, 0) is 36.4 Å². The fourth-order valence-corrected chi connectivity index (χ4v) is 2.23. The molecule has 0 radical (unpaired) electrons. The molecule has 1 aromatic rings. The van der Waals surface area contributed by atoms with Crippen LogP contribution in [0.5, 0.6) is 0 Å². The Bertz CT molecular complexity index is 406. The van der Waals surface area contributed by atoms with Gasteiger partial charge < -0.3 is 4.74 Å². The molecule has 0 aliphatic heterocycles. The summed E-state index contributed by atoms with van der Waals surface area (Å²) in [7, 11) is 0. The van der Waals surface area contributed by atoms with Gasteiger partial charge in [0.2, 0.25) is 0 Å². The summed E-state index contributed by atoms with van der Waals surface area (Å²) < 4.78 is 42.6. The molecule has 7 heteroatoms. The smallest absolute Gasteiger partial charge is 0.442 e. The average Bonchev–Trinajstić information content (AvgIpc) is 2.26. The maximum atomic E-state index is 12.4. The molecule has 0 aromatic heterocycles. The van der Waals surface area contributed by atoms with Crippen molar-refractivity contribution in [3.63, 3.8) is 0 Å². The first kappa shape index (κ1) is 15.4. The summed E-state index contributed by atoms with van der Waals surface area (Å²) >= 11 is 2.80. The Morgan fingerprint density at radius 1 is 1.39 bits per heavy atom. The molecule has 1 aromatic carbocycles. The standard InChI is InChI=1S/C11H10BrF3O2S/c1-2-17-10(16)9(18-11(13,14)15)7-3-5-8(12)6-4-7/h3-6,9H,2H2,1H3. The van der Waals surface area contributed by atoms with Gasteiger partial charge in [0.15, 0.2) is 0 Å². The van der Waals surface area contributed by atoms with Gasteiger partial charge in [-0.2, -0.15) is 13.2 Å². The molecule has 0 aliphatic rings. The van der Waals surface area contributed by atoms with Crippen LogP contribution in [0.15, 0.2) is 28.7 Å². The summed E-state index contributed by atoms with van der Waals surface area (Å²) in [6, 6.07) is 6.09. The quantitative estimate of drug-likeness (QED) is 0.763. The minimum absolute atomic E-state index is 0.0459. The van der Waals surface area contributed by atoms with Crippen molar-refractivity contribution in [3.05, 3.63) is 34.3 Å². The van der Waals surface area contributed by atoms with Crippen LogP contribution in [0, 0.1) is 0 Å². The topological polar surface area (TPSA) is 26.3 Å². The summed E-state index contributed by atoms with van der Waals surface area (Å²) in [5.41, 5.74) is -4.23. The highest BCUT2D eigenvalue weighted by atomic mass is 79.9. The van der Waals surface area contributed by atoms with E-state index in [0.29, 0.717) is 0 Å². The van der Waals surface area contributed by atoms with Crippen molar-refractivity contribution >= 4 is 33.7 Å². The van der Waals surface area contributed by atoms with Crippen LogP contribution in [0.25, 0.3) is 0 Å². The number of esters is 1. The molecule has 0 fully saturated rings. The van der Waals surface area contributed by atoms with Crippen LogP contribution in [0.4, 0.5) is 13.2 Å². The molecule has 0 bridgehead atoms. The van der Waals surface area contributed by atoms with Gasteiger partial charge in [-0.15, -0.1) is 0 Å². The largest absolute Gasteiger partial charge is 0.465 e. The molecule has 1 unspecified atom stereocenters. The second kappa shape index (κ2) is 6.47. The van der Waals surface area contributed by atoms with E-state index in [0.717, 1.165) is 4.47 Å². The molecule has 0 aliphatic carbocycles. The minimum Gasteiger partial charge on any atom is -0.465 e. The number of ether oxygens (including phenoxy) is 1. The zero-order valence-electron chi connectivity index (χ0n) is 9.33. The molecule has 1 rings (SSSR count). The van der Waals surface area contributed by atoms with Crippen molar-refractivity contribution in [1.82, 2.24) is 0 Å². The normalized spacial score (nSPS) is 13.2. The predicted molar refractivity (Wildman–Crippen MR) is 67.2 cm³/mol. The van der Waals surface area contributed by atoms with Gasteiger partial charge in [0, 0.05) is 4.47 Å². The van der Waals surface area contributed by atoms with Gasteiger partial charge in [-0.1, -0.05) is 28.1 Å². The van der Waals surface area contributed by atoms with Crippen LogP contribution in [0.2, 0.25) is 0 Å². The third kappa shape index (κ3) is 4.89. The van der Waals surface area contributed by atoms with Crippen molar-refractivity contribution in [2.24, 2.45) is 0 Å². The number of hydrogen-bond acceptors (Lipinski definition) is 3. The Labute approximate surface area is 115 Å². The van der Waals surface area contributed by atoms with E-state index in [-0.39, 0.29) is 23.9 Å². The fourth-order valence-electron chi connectivity index (χ4n) is 1.24. The Balaban J connectivity index is 2.96. The molecule has 0 spiro atoms. The summed E-state index contributed by atoms with van der Waals surface area (Å²) in [6.07, 6.45) is 0. The lowest BCUT2D eigenvalue weighted by Gasteiger charge is -2.17. The fraction of sp³-hybridized carbons (Fsp3) is 0.364. The number of benzene rings is 1. The number of rotatable bonds is 4. The van der Waals surface area contributed by atoms with Gasteiger partial charge in [-0.25, -0.2) is 0 Å². The minimum atomic E-state index is -4.50. The van der Waals surface area contributed by atoms with Gasteiger partial charge in [0.25, 0.3) is 0 Å². The van der Waals surface area contributed by atoms with Crippen LogP contribution in [-0.2, 0) is 9.53 Å². The van der Waals surface area contributed by atoms with E-state index in [1.165, 1.54) is 12.1 Å². The SMILES string of the molecule is CCOC(=O)C(SC(F)(F)F)c1ccc(Br)cc1.